The number of anilines is 6. The van der Waals surface area contributed by atoms with Crippen LogP contribution >= 0.6 is 0 Å². The zero-order valence-electron chi connectivity index (χ0n) is 25.6. The minimum Gasteiger partial charge on any atom is -0.311 e. The predicted octanol–water partition coefficient (Wildman–Crippen LogP) is 12.1. The van der Waals surface area contributed by atoms with Crippen molar-refractivity contribution in [1.82, 2.24) is 0 Å². The van der Waals surface area contributed by atoms with Crippen LogP contribution in [0.15, 0.2) is 170 Å². The Morgan fingerprint density at radius 3 is 1.67 bits per heavy atom. The normalized spacial score (nSPS) is 13.2. The number of benzene rings is 7. The smallest absolute Gasteiger partial charge is 0.0509 e. The van der Waals surface area contributed by atoms with E-state index >= 15 is 0 Å². The first-order chi connectivity index (χ1) is 22.1. The zero-order valence-corrected chi connectivity index (χ0v) is 25.6. The second-order valence-corrected chi connectivity index (χ2v) is 12.3. The fourth-order valence-corrected chi connectivity index (χ4v) is 7.04. The molecular weight excluding hydrogens is 544 g/mol. The minimum atomic E-state index is -0.204. The summed E-state index contributed by atoms with van der Waals surface area (Å²) in [6, 6.07) is 61.2. The van der Waals surface area contributed by atoms with Crippen molar-refractivity contribution in [2.45, 2.75) is 19.3 Å². The van der Waals surface area contributed by atoms with Gasteiger partial charge in [0.15, 0.2) is 0 Å². The third kappa shape index (κ3) is 4.58. The van der Waals surface area contributed by atoms with E-state index in [1.807, 2.05) is 0 Å². The molecule has 2 nitrogen and oxygen atoms in total. The second kappa shape index (κ2) is 10.8. The summed E-state index contributed by atoms with van der Waals surface area (Å²) in [6.07, 6.45) is 0. The van der Waals surface area contributed by atoms with E-state index in [1.54, 1.807) is 0 Å². The lowest BCUT2D eigenvalue weighted by Gasteiger charge is -2.43. The van der Waals surface area contributed by atoms with E-state index in [-0.39, 0.29) is 5.41 Å². The average molecular weight is 579 g/mol. The summed E-state index contributed by atoms with van der Waals surface area (Å²) in [4.78, 5) is 4.74. The Bertz CT molecular complexity index is 2080. The molecule has 0 N–H and O–H groups in total. The average Bonchev–Trinajstić information content (AvgIpc) is 3.10. The van der Waals surface area contributed by atoms with Gasteiger partial charge >= 0.3 is 0 Å². The molecule has 0 bridgehead atoms. The second-order valence-electron chi connectivity index (χ2n) is 12.3. The van der Waals surface area contributed by atoms with E-state index in [0.29, 0.717) is 0 Å². The van der Waals surface area contributed by atoms with Crippen LogP contribution in [0.1, 0.15) is 25.0 Å². The highest BCUT2D eigenvalue weighted by atomic mass is 15.2. The van der Waals surface area contributed by atoms with Crippen LogP contribution in [0.4, 0.5) is 34.1 Å². The molecule has 8 rings (SSSR count). The molecule has 0 fully saturated rings. The van der Waals surface area contributed by atoms with Crippen molar-refractivity contribution in [1.29, 1.82) is 0 Å². The van der Waals surface area contributed by atoms with Crippen LogP contribution < -0.4 is 9.80 Å². The van der Waals surface area contributed by atoms with E-state index in [9.17, 15) is 0 Å². The Labute approximate surface area is 265 Å². The summed E-state index contributed by atoms with van der Waals surface area (Å²) in [5.41, 5.74) is 12.0. The molecule has 0 saturated heterocycles. The Balaban J connectivity index is 1.25. The van der Waals surface area contributed by atoms with Crippen LogP contribution in [0.2, 0.25) is 0 Å². The highest BCUT2D eigenvalue weighted by Crippen LogP contribution is 2.54. The van der Waals surface area contributed by atoms with Crippen LogP contribution in [0.3, 0.4) is 0 Å². The molecule has 1 aliphatic rings. The Morgan fingerprint density at radius 2 is 1.00 bits per heavy atom. The largest absolute Gasteiger partial charge is 0.311 e. The Morgan fingerprint density at radius 1 is 0.467 bits per heavy atom. The van der Waals surface area contributed by atoms with Crippen molar-refractivity contribution in [3.05, 3.63) is 181 Å². The number of hydrogen-bond donors (Lipinski definition) is 0. The quantitative estimate of drug-likeness (QED) is 0.200. The van der Waals surface area contributed by atoms with Gasteiger partial charge in [0.2, 0.25) is 0 Å². The van der Waals surface area contributed by atoms with Crippen molar-refractivity contribution in [2.24, 2.45) is 0 Å². The molecule has 0 radical (unpaired) electrons. The molecule has 1 aliphatic heterocycles. The van der Waals surface area contributed by atoms with Gasteiger partial charge in [-0.25, -0.2) is 0 Å². The van der Waals surface area contributed by atoms with Gasteiger partial charge < -0.3 is 9.80 Å². The molecule has 7 aromatic rings. The van der Waals surface area contributed by atoms with Gasteiger partial charge in [0.1, 0.15) is 0 Å². The Hall–Kier alpha value is -5.60. The van der Waals surface area contributed by atoms with Crippen LogP contribution in [0.5, 0.6) is 0 Å². The summed E-state index contributed by atoms with van der Waals surface area (Å²) >= 11 is 0. The van der Waals surface area contributed by atoms with Gasteiger partial charge in [-0.15, -0.1) is 0 Å². The van der Waals surface area contributed by atoms with Gasteiger partial charge in [0.05, 0.1) is 11.4 Å². The fourth-order valence-electron chi connectivity index (χ4n) is 7.04. The summed E-state index contributed by atoms with van der Waals surface area (Å²) < 4.78 is 0. The van der Waals surface area contributed by atoms with E-state index in [4.69, 9.17) is 0 Å². The van der Waals surface area contributed by atoms with Crippen LogP contribution in [0.25, 0.3) is 21.9 Å². The predicted molar refractivity (Wildman–Crippen MR) is 191 cm³/mol. The van der Waals surface area contributed by atoms with Crippen molar-refractivity contribution in [2.75, 3.05) is 9.80 Å². The van der Waals surface area contributed by atoms with Gasteiger partial charge in [-0.3, -0.25) is 0 Å². The Kier molecular flexibility index (Phi) is 6.50. The lowest BCUT2D eigenvalue weighted by Crippen LogP contribution is -2.31. The lowest BCUT2D eigenvalue weighted by molar-refractivity contribution is 0.638. The first kappa shape index (κ1) is 27.0. The van der Waals surface area contributed by atoms with E-state index in [1.165, 1.54) is 50.1 Å². The third-order valence-electron chi connectivity index (χ3n) is 9.19. The summed E-state index contributed by atoms with van der Waals surface area (Å²) in [7, 11) is 0. The molecule has 45 heavy (non-hydrogen) atoms. The molecule has 0 atom stereocenters. The standard InChI is InChI=1S/C43H34N2/c1-43(2)39-30-33(31-22-26-37(27-23-31)44(34-15-6-3-7-16-34)35-17-8-4-9-18-35)25-28-40(39)45(36-19-10-5-11-20-36)41-29-24-32-14-12-13-21-38(32)42(41)43/h3-30H,1-2H3. The molecule has 0 amide bonds. The lowest BCUT2D eigenvalue weighted by atomic mass is 9.71. The maximum atomic E-state index is 2.44. The van der Waals surface area contributed by atoms with Gasteiger partial charge in [0, 0.05) is 28.2 Å². The molecule has 7 aromatic carbocycles. The first-order valence-electron chi connectivity index (χ1n) is 15.6. The number of para-hydroxylation sites is 3. The topological polar surface area (TPSA) is 6.48 Å². The minimum absolute atomic E-state index is 0.204. The molecule has 0 unspecified atom stereocenters. The highest BCUT2D eigenvalue weighted by Gasteiger charge is 2.38. The highest BCUT2D eigenvalue weighted by molar-refractivity contribution is 5.98. The van der Waals surface area contributed by atoms with Gasteiger partial charge in [-0.2, -0.15) is 0 Å². The molecular formula is C43H34N2. The van der Waals surface area contributed by atoms with E-state index < -0.39 is 0 Å². The number of nitrogens with zero attached hydrogens (tertiary/aromatic N) is 2. The van der Waals surface area contributed by atoms with Crippen molar-refractivity contribution in [3.63, 3.8) is 0 Å². The third-order valence-corrected chi connectivity index (χ3v) is 9.19. The number of rotatable bonds is 5. The molecule has 0 aromatic heterocycles. The molecule has 0 aliphatic carbocycles. The summed E-state index contributed by atoms with van der Waals surface area (Å²) in [5.74, 6) is 0. The van der Waals surface area contributed by atoms with E-state index in [2.05, 4.69) is 194 Å². The molecule has 1 heterocycles. The van der Waals surface area contributed by atoms with Crippen molar-refractivity contribution < 1.29 is 0 Å². The molecule has 216 valence electrons. The summed E-state index contributed by atoms with van der Waals surface area (Å²) in [5, 5.41) is 2.58. The van der Waals surface area contributed by atoms with E-state index in [0.717, 1.165) is 17.1 Å². The van der Waals surface area contributed by atoms with Crippen LogP contribution in [-0.4, -0.2) is 0 Å². The SMILES string of the molecule is CC1(C)c2cc(-c3ccc(N(c4ccccc4)c4ccccc4)cc3)ccc2N(c2ccccc2)c2ccc3ccccc3c21. The monoisotopic (exact) mass is 578 g/mol. The van der Waals surface area contributed by atoms with Crippen LogP contribution in [0, 0.1) is 0 Å². The molecule has 2 heteroatoms. The molecule has 0 spiro atoms. The van der Waals surface area contributed by atoms with Gasteiger partial charge in [0.25, 0.3) is 0 Å². The van der Waals surface area contributed by atoms with Gasteiger partial charge in [-0.05, 0) is 99.8 Å². The maximum Gasteiger partial charge on any atom is 0.0509 e. The number of fused-ring (bicyclic) bond motifs is 4. The van der Waals surface area contributed by atoms with Crippen LogP contribution in [-0.2, 0) is 5.41 Å². The van der Waals surface area contributed by atoms with Crippen molar-refractivity contribution >= 4 is 44.9 Å². The van der Waals surface area contributed by atoms with Gasteiger partial charge in [-0.1, -0.05) is 117 Å². The maximum absolute atomic E-state index is 2.44. The fraction of sp³-hybridized carbons (Fsp3) is 0.0698. The van der Waals surface area contributed by atoms with Crippen molar-refractivity contribution in [3.8, 4) is 11.1 Å². The molecule has 0 saturated carbocycles. The first-order valence-corrected chi connectivity index (χ1v) is 15.6. The zero-order chi connectivity index (χ0) is 30.4. The summed E-state index contributed by atoms with van der Waals surface area (Å²) in [6.45, 7) is 4.76. The number of hydrogen-bond acceptors (Lipinski definition) is 2.